The molecule has 8 nitrogen and oxygen atoms in total. The molecule has 0 aromatic heterocycles. The summed E-state index contributed by atoms with van der Waals surface area (Å²) in [5, 5.41) is 18.4. The van der Waals surface area contributed by atoms with Gasteiger partial charge in [0, 0.05) is 0 Å². The van der Waals surface area contributed by atoms with Gasteiger partial charge in [-0.2, -0.15) is 0 Å². The highest BCUT2D eigenvalue weighted by atomic mass is 17.0. The van der Waals surface area contributed by atoms with Crippen molar-refractivity contribution in [2.24, 2.45) is 5.92 Å². The van der Waals surface area contributed by atoms with Crippen LogP contribution in [0.2, 0.25) is 0 Å². The third kappa shape index (κ3) is 6.80. The summed E-state index contributed by atoms with van der Waals surface area (Å²) in [6.07, 6.45) is -0.862. The molecule has 16 heavy (non-hydrogen) atoms. The molecule has 0 saturated heterocycles. The van der Waals surface area contributed by atoms with Crippen LogP contribution in [-0.4, -0.2) is 22.4 Å². The Morgan fingerprint density at radius 2 is 1.50 bits per heavy atom. The second-order valence-electron chi connectivity index (χ2n) is 3.87. The molecule has 94 valence electrons. The molecule has 0 aliphatic heterocycles. The lowest BCUT2D eigenvalue weighted by Crippen LogP contribution is -2.33. The van der Waals surface area contributed by atoms with E-state index in [4.69, 9.17) is 0 Å². The molecule has 8 heteroatoms. The van der Waals surface area contributed by atoms with E-state index in [2.05, 4.69) is 9.68 Å². The molecule has 0 spiro atoms. The maximum Gasteiger partial charge on any atom is 0.294 e. The van der Waals surface area contributed by atoms with Crippen LogP contribution in [0.1, 0.15) is 33.6 Å². The van der Waals surface area contributed by atoms with Crippen molar-refractivity contribution in [3.8, 4) is 0 Å². The van der Waals surface area contributed by atoms with E-state index in [9.17, 15) is 20.2 Å². The Morgan fingerprint density at radius 1 is 1.00 bits per heavy atom. The first kappa shape index (κ1) is 14.4. The van der Waals surface area contributed by atoms with Crippen LogP contribution < -0.4 is 0 Å². The Balaban J connectivity index is 4.28. The minimum absolute atomic E-state index is 0.334. The van der Waals surface area contributed by atoms with Crippen LogP contribution in [0.15, 0.2) is 0 Å². The summed E-state index contributed by atoms with van der Waals surface area (Å²) in [6.45, 7) is 5.27. The van der Waals surface area contributed by atoms with Crippen LogP contribution in [0.5, 0.6) is 0 Å². The van der Waals surface area contributed by atoms with E-state index >= 15 is 0 Å². The Kier molecular flexibility index (Phi) is 6.12. The fraction of sp³-hybridized carbons (Fsp3) is 1.00. The normalized spacial score (nSPS) is 14.2. The van der Waals surface area contributed by atoms with Crippen LogP contribution >= 0.6 is 0 Å². The number of rotatable bonds is 8. The molecule has 0 bridgehead atoms. The zero-order valence-corrected chi connectivity index (χ0v) is 9.49. The first-order chi connectivity index (χ1) is 7.32. The van der Waals surface area contributed by atoms with Gasteiger partial charge in [0.2, 0.25) is 0 Å². The van der Waals surface area contributed by atoms with Crippen LogP contribution in [0.4, 0.5) is 0 Å². The van der Waals surface area contributed by atoms with Crippen molar-refractivity contribution in [1.29, 1.82) is 0 Å². The molecule has 2 atom stereocenters. The highest BCUT2D eigenvalue weighted by Crippen LogP contribution is 2.14. The highest BCUT2D eigenvalue weighted by Gasteiger charge is 2.24. The zero-order chi connectivity index (χ0) is 12.7. The molecule has 0 aromatic rings. The summed E-state index contributed by atoms with van der Waals surface area (Å²) in [6, 6.07) is 0. The molecule has 0 saturated carbocycles. The fourth-order valence-electron chi connectivity index (χ4n) is 1.18. The molecule has 0 aliphatic carbocycles. The summed E-state index contributed by atoms with van der Waals surface area (Å²) < 4.78 is 0. The van der Waals surface area contributed by atoms with Crippen molar-refractivity contribution in [3.05, 3.63) is 20.2 Å². The molecule has 0 N–H and O–H groups in total. The Hall–Kier alpha value is -1.60. The van der Waals surface area contributed by atoms with Gasteiger partial charge in [-0.1, -0.05) is 13.8 Å². The number of nitrogens with zero attached hydrogens (tertiary/aromatic N) is 2. The van der Waals surface area contributed by atoms with Crippen molar-refractivity contribution in [3.63, 3.8) is 0 Å². The largest absolute Gasteiger partial charge is 0.309 e. The molecule has 0 unspecified atom stereocenters. The van der Waals surface area contributed by atoms with Crippen molar-refractivity contribution in [2.75, 3.05) is 0 Å². The SMILES string of the molecule is CC(C)CC[C@H](O[N+](=O)[O-])[C@H](C)O[N+](=O)[O-]. The lowest BCUT2D eigenvalue weighted by atomic mass is 10.0. The molecule has 0 radical (unpaired) electrons. The van der Waals surface area contributed by atoms with Gasteiger partial charge in [0.05, 0.1) is 0 Å². The molecular formula is C8H16N2O6. The van der Waals surface area contributed by atoms with Gasteiger partial charge >= 0.3 is 0 Å². The molecular weight excluding hydrogens is 220 g/mol. The minimum atomic E-state index is -0.976. The van der Waals surface area contributed by atoms with E-state index in [1.807, 2.05) is 13.8 Å². The standard InChI is InChI=1S/C8H16N2O6/c1-6(2)4-5-8(16-10(13)14)7(3)15-9(11)12/h6-8H,4-5H2,1-3H3/t7-,8-/m0/s1. The Labute approximate surface area is 92.7 Å². The van der Waals surface area contributed by atoms with Crippen LogP contribution in [0.25, 0.3) is 0 Å². The second kappa shape index (κ2) is 6.81. The van der Waals surface area contributed by atoms with E-state index in [1.165, 1.54) is 6.92 Å². The average Bonchev–Trinajstić information content (AvgIpc) is 2.09. The monoisotopic (exact) mass is 236 g/mol. The first-order valence-corrected chi connectivity index (χ1v) is 4.95. The number of hydrogen-bond donors (Lipinski definition) is 0. The highest BCUT2D eigenvalue weighted by molar-refractivity contribution is 4.65. The zero-order valence-electron chi connectivity index (χ0n) is 9.49. The first-order valence-electron chi connectivity index (χ1n) is 4.95. The van der Waals surface area contributed by atoms with Gasteiger partial charge in [0.1, 0.15) is 12.2 Å². The van der Waals surface area contributed by atoms with Gasteiger partial charge in [0.25, 0.3) is 10.2 Å². The van der Waals surface area contributed by atoms with Crippen LogP contribution in [-0.2, 0) is 9.68 Å². The lowest BCUT2D eigenvalue weighted by molar-refractivity contribution is -0.798. The van der Waals surface area contributed by atoms with E-state index in [-0.39, 0.29) is 0 Å². The van der Waals surface area contributed by atoms with E-state index in [0.717, 1.165) is 0 Å². The van der Waals surface area contributed by atoms with Crippen molar-refractivity contribution < 1.29 is 19.8 Å². The molecule has 0 aliphatic rings. The predicted octanol–water partition coefficient (Wildman–Crippen LogP) is 1.60. The minimum Gasteiger partial charge on any atom is -0.309 e. The van der Waals surface area contributed by atoms with Crippen LogP contribution in [0.3, 0.4) is 0 Å². The maximum atomic E-state index is 10.2. The van der Waals surface area contributed by atoms with Crippen molar-refractivity contribution in [1.82, 2.24) is 0 Å². The second-order valence-corrected chi connectivity index (χ2v) is 3.87. The van der Waals surface area contributed by atoms with Crippen molar-refractivity contribution in [2.45, 2.75) is 45.8 Å². The van der Waals surface area contributed by atoms with Gasteiger partial charge in [-0.15, -0.1) is 20.2 Å². The van der Waals surface area contributed by atoms with Crippen molar-refractivity contribution >= 4 is 0 Å². The molecule has 0 amide bonds. The van der Waals surface area contributed by atoms with Gasteiger partial charge < -0.3 is 9.68 Å². The fourth-order valence-corrected chi connectivity index (χ4v) is 1.18. The third-order valence-electron chi connectivity index (χ3n) is 2.03. The molecule has 0 rings (SSSR count). The topological polar surface area (TPSA) is 105 Å². The van der Waals surface area contributed by atoms with E-state index < -0.39 is 22.4 Å². The smallest absolute Gasteiger partial charge is 0.294 e. The van der Waals surface area contributed by atoms with Gasteiger partial charge in [-0.3, -0.25) is 0 Å². The third-order valence-corrected chi connectivity index (χ3v) is 2.03. The summed E-state index contributed by atoms with van der Waals surface area (Å²) in [5.74, 6) is 0.334. The van der Waals surface area contributed by atoms with Gasteiger partial charge in [0.15, 0.2) is 0 Å². The summed E-state index contributed by atoms with van der Waals surface area (Å²) in [4.78, 5) is 28.9. The molecule has 0 aromatic carbocycles. The van der Waals surface area contributed by atoms with Gasteiger partial charge in [-0.25, -0.2) is 0 Å². The summed E-state index contributed by atoms with van der Waals surface area (Å²) in [5.41, 5.74) is 0. The Bertz CT molecular complexity index is 245. The number of hydrogen-bond acceptors (Lipinski definition) is 6. The maximum absolute atomic E-state index is 10.2. The Morgan fingerprint density at radius 3 is 1.88 bits per heavy atom. The molecule has 0 fully saturated rings. The quantitative estimate of drug-likeness (QED) is 0.468. The summed E-state index contributed by atoms with van der Waals surface area (Å²) in [7, 11) is 0. The predicted molar refractivity (Wildman–Crippen MR) is 53.5 cm³/mol. The van der Waals surface area contributed by atoms with Gasteiger partial charge in [-0.05, 0) is 25.7 Å². The lowest BCUT2D eigenvalue weighted by Gasteiger charge is -2.20. The summed E-state index contributed by atoms with van der Waals surface area (Å²) >= 11 is 0. The van der Waals surface area contributed by atoms with Crippen LogP contribution in [0, 0.1) is 26.1 Å². The van der Waals surface area contributed by atoms with E-state index in [0.29, 0.717) is 18.8 Å². The average molecular weight is 236 g/mol. The van der Waals surface area contributed by atoms with E-state index in [1.54, 1.807) is 0 Å². The molecule has 0 heterocycles.